The minimum Gasteiger partial charge on any atom is -0.456 e. The quantitative estimate of drug-likeness (QED) is 0.331. The van der Waals surface area contributed by atoms with Crippen LogP contribution in [0.4, 0.5) is 0 Å². The number of hydrogen-bond donors (Lipinski definition) is 1. The second-order valence-electron chi connectivity index (χ2n) is 9.82. The summed E-state index contributed by atoms with van der Waals surface area (Å²) in [7, 11) is -2.11. The summed E-state index contributed by atoms with van der Waals surface area (Å²) in [4.78, 5) is 13.1. The molecule has 1 aromatic rings. The number of carbonyl (C=O) groups is 1. The molecular formula is C25H39NO3Si. The summed E-state index contributed by atoms with van der Waals surface area (Å²) >= 11 is 0. The third kappa shape index (κ3) is 7.12. The topological polar surface area (TPSA) is 61.5 Å². The van der Waals surface area contributed by atoms with E-state index in [1.54, 1.807) is 13.0 Å². The van der Waals surface area contributed by atoms with E-state index in [9.17, 15) is 4.79 Å². The molecule has 0 saturated carbocycles. The SMILES string of the molecule is CC#C/C=C/[C@@H](C)[C@H](OC(=O)[C@@H](N)C(C)(C)O[Si](C)(C)C(C)(C)C)c1ccccc1. The van der Waals surface area contributed by atoms with Crippen molar-refractivity contribution >= 4 is 14.3 Å². The maximum atomic E-state index is 13.1. The van der Waals surface area contributed by atoms with Gasteiger partial charge in [-0.2, -0.15) is 0 Å². The van der Waals surface area contributed by atoms with Gasteiger partial charge in [-0.25, -0.2) is 0 Å². The second kappa shape index (κ2) is 10.4. The first-order valence-electron chi connectivity index (χ1n) is 10.5. The number of rotatable bonds is 8. The maximum absolute atomic E-state index is 13.1. The van der Waals surface area contributed by atoms with Gasteiger partial charge in [0.15, 0.2) is 8.32 Å². The number of nitrogens with two attached hydrogens (primary N) is 1. The molecule has 3 atom stereocenters. The van der Waals surface area contributed by atoms with Crippen LogP contribution in [-0.4, -0.2) is 25.9 Å². The Bertz CT molecular complexity index is 782. The first kappa shape index (κ1) is 26.2. The van der Waals surface area contributed by atoms with Crippen LogP contribution in [-0.2, 0) is 14.0 Å². The summed E-state index contributed by atoms with van der Waals surface area (Å²) in [5.74, 6) is 5.23. The van der Waals surface area contributed by atoms with Crippen LogP contribution in [0.1, 0.15) is 60.1 Å². The lowest BCUT2D eigenvalue weighted by Gasteiger charge is -2.44. The molecule has 0 radical (unpaired) electrons. The van der Waals surface area contributed by atoms with Crippen LogP contribution in [0.2, 0.25) is 18.1 Å². The van der Waals surface area contributed by atoms with Gasteiger partial charge in [0.1, 0.15) is 12.1 Å². The summed E-state index contributed by atoms with van der Waals surface area (Å²) < 4.78 is 12.4. The Labute approximate surface area is 184 Å². The van der Waals surface area contributed by atoms with E-state index < -0.39 is 32.0 Å². The fraction of sp³-hybridized carbons (Fsp3) is 0.560. The number of carbonyl (C=O) groups excluding carboxylic acids is 1. The van der Waals surface area contributed by atoms with Crippen molar-refractivity contribution in [1.82, 2.24) is 0 Å². The van der Waals surface area contributed by atoms with Crippen LogP contribution >= 0.6 is 0 Å². The summed E-state index contributed by atoms with van der Waals surface area (Å²) in [5, 5.41) is 0.0140. The predicted octanol–water partition coefficient (Wildman–Crippen LogP) is 5.61. The number of allylic oxidation sites excluding steroid dienone is 1. The van der Waals surface area contributed by atoms with Crippen molar-refractivity contribution in [2.45, 2.75) is 84.3 Å². The first-order valence-corrected chi connectivity index (χ1v) is 13.4. The number of ether oxygens (including phenoxy) is 1. The molecule has 0 bridgehead atoms. The Morgan fingerprint density at radius 3 is 2.20 bits per heavy atom. The van der Waals surface area contributed by atoms with Gasteiger partial charge in [0.05, 0.1) is 5.60 Å². The first-order chi connectivity index (χ1) is 13.7. The molecule has 0 aliphatic rings. The Kier molecular flexibility index (Phi) is 9.10. The van der Waals surface area contributed by atoms with Gasteiger partial charge in [-0.3, -0.25) is 4.79 Å². The normalized spacial score (nSPS) is 15.8. The molecule has 0 aromatic heterocycles. The Balaban J connectivity index is 3.08. The van der Waals surface area contributed by atoms with Gasteiger partial charge in [0.25, 0.3) is 0 Å². The minimum absolute atomic E-state index is 0.0140. The summed E-state index contributed by atoms with van der Waals surface area (Å²) in [5.41, 5.74) is 6.46. The van der Waals surface area contributed by atoms with Gasteiger partial charge in [-0.15, -0.1) is 5.92 Å². The van der Waals surface area contributed by atoms with Crippen molar-refractivity contribution < 1.29 is 14.0 Å². The van der Waals surface area contributed by atoms with E-state index in [0.717, 1.165) is 5.56 Å². The molecular weight excluding hydrogens is 390 g/mol. The van der Waals surface area contributed by atoms with E-state index in [0.29, 0.717) is 0 Å². The Morgan fingerprint density at radius 1 is 1.13 bits per heavy atom. The zero-order valence-corrected chi connectivity index (χ0v) is 21.1. The van der Waals surface area contributed by atoms with E-state index >= 15 is 0 Å². The van der Waals surface area contributed by atoms with Crippen LogP contribution in [0.15, 0.2) is 42.5 Å². The van der Waals surface area contributed by atoms with E-state index in [-0.39, 0.29) is 11.0 Å². The molecule has 0 saturated heterocycles. The average Bonchev–Trinajstić information content (AvgIpc) is 2.64. The van der Waals surface area contributed by atoms with Gasteiger partial charge in [0, 0.05) is 5.92 Å². The predicted molar refractivity (Wildman–Crippen MR) is 127 cm³/mol. The third-order valence-corrected chi connectivity index (χ3v) is 10.5. The molecule has 1 rings (SSSR count). The minimum atomic E-state index is -2.11. The molecule has 0 unspecified atom stereocenters. The van der Waals surface area contributed by atoms with Crippen LogP contribution in [0.25, 0.3) is 0 Å². The standard InChI is InChI=1S/C25H39NO3Si/c1-10-11-13-16-19(2)21(20-17-14-12-15-18-20)28-23(27)22(26)25(6,7)29-30(8,9)24(3,4)5/h12-19,21-22H,26H2,1-9H3/b16-13+/t19-,21+,22-/m1/s1. The molecule has 1 aromatic carbocycles. The molecule has 5 heteroatoms. The van der Waals surface area contributed by atoms with Gasteiger partial charge in [-0.05, 0) is 50.5 Å². The van der Waals surface area contributed by atoms with Crippen molar-refractivity contribution in [1.29, 1.82) is 0 Å². The molecule has 0 aliphatic carbocycles. The zero-order chi connectivity index (χ0) is 23.2. The molecule has 0 aliphatic heterocycles. The number of hydrogen-bond acceptors (Lipinski definition) is 4. The lowest BCUT2D eigenvalue weighted by atomic mass is 9.95. The highest BCUT2D eigenvalue weighted by Crippen LogP contribution is 2.40. The van der Waals surface area contributed by atoms with Gasteiger partial charge in [0.2, 0.25) is 0 Å². The summed E-state index contributed by atoms with van der Waals surface area (Å²) in [6, 6.07) is 8.82. The largest absolute Gasteiger partial charge is 0.456 e. The molecule has 0 heterocycles. The molecule has 166 valence electrons. The highest BCUT2D eigenvalue weighted by molar-refractivity contribution is 6.74. The Morgan fingerprint density at radius 2 is 1.70 bits per heavy atom. The Hall–Kier alpha value is -1.87. The van der Waals surface area contributed by atoms with E-state index in [2.05, 4.69) is 45.7 Å². The van der Waals surface area contributed by atoms with Crippen molar-refractivity contribution in [2.24, 2.45) is 11.7 Å². The molecule has 0 amide bonds. The van der Waals surface area contributed by atoms with Crippen molar-refractivity contribution in [3.63, 3.8) is 0 Å². The maximum Gasteiger partial charge on any atom is 0.326 e. The zero-order valence-electron chi connectivity index (χ0n) is 20.1. The average molecular weight is 430 g/mol. The molecule has 0 fully saturated rings. The lowest BCUT2D eigenvalue weighted by Crippen LogP contribution is -2.58. The van der Waals surface area contributed by atoms with E-state index in [4.69, 9.17) is 14.9 Å². The van der Waals surface area contributed by atoms with Crippen molar-refractivity contribution in [2.75, 3.05) is 0 Å². The summed E-state index contributed by atoms with van der Waals surface area (Å²) in [6.07, 6.45) is 3.28. The molecule has 30 heavy (non-hydrogen) atoms. The highest BCUT2D eigenvalue weighted by atomic mass is 28.4. The van der Waals surface area contributed by atoms with Gasteiger partial charge >= 0.3 is 5.97 Å². The van der Waals surface area contributed by atoms with Crippen LogP contribution < -0.4 is 5.73 Å². The fourth-order valence-electron chi connectivity index (χ4n) is 2.86. The highest BCUT2D eigenvalue weighted by Gasteiger charge is 2.45. The van der Waals surface area contributed by atoms with Gasteiger partial charge in [-0.1, -0.05) is 70.0 Å². The van der Waals surface area contributed by atoms with Crippen LogP contribution in [0.3, 0.4) is 0 Å². The molecule has 0 spiro atoms. The lowest BCUT2D eigenvalue weighted by molar-refractivity contribution is -0.157. The van der Waals surface area contributed by atoms with Crippen molar-refractivity contribution in [3.8, 4) is 11.8 Å². The van der Waals surface area contributed by atoms with Crippen LogP contribution in [0, 0.1) is 17.8 Å². The summed E-state index contributed by atoms with van der Waals surface area (Å²) in [6.45, 7) is 18.3. The van der Waals surface area contributed by atoms with Crippen molar-refractivity contribution in [3.05, 3.63) is 48.0 Å². The fourth-order valence-corrected chi connectivity index (χ4v) is 4.61. The number of benzene rings is 1. The smallest absolute Gasteiger partial charge is 0.326 e. The molecule has 2 N–H and O–H groups in total. The van der Waals surface area contributed by atoms with E-state index in [1.807, 2.05) is 57.2 Å². The van der Waals surface area contributed by atoms with E-state index in [1.165, 1.54) is 0 Å². The second-order valence-corrected chi connectivity index (χ2v) is 14.5. The van der Waals surface area contributed by atoms with Gasteiger partial charge < -0.3 is 14.9 Å². The number of esters is 1. The monoisotopic (exact) mass is 429 g/mol. The van der Waals surface area contributed by atoms with Crippen LogP contribution in [0.5, 0.6) is 0 Å². The third-order valence-electron chi connectivity index (χ3n) is 5.80. The molecule has 4 nitrogen and oxygen atoms in total.